The minimum Gasteiger partial charge on any atom is -0.481 e. The van der Waals surface area contributed by atoms with Crippen LogP contribution in [0.2, 0.25) is 0 Å². The van der Waals surface area contributed by atoms with Crippen LogP contribution in [0.4, 0.5) is 11.6 Å². The quantitative estimate of drug-likeness (QED) is 0.505. The number of nitrogens with one attached hydrogen (secondary N) is 1. The highest BCUT2D eigenvalue weighted by molar-refractivity contribution is 7.09. The Morgan fingerprint density at radius 2 is 2.03 bits per heavy atom. The van der Waals surface area contributed by atoms with Crippen LogP contribution in [0.3, 0.4) is 0 Å². The van der Waals surface area contributed by atoms with Gasteiger partial charge in [0.2, 0.25) is 0 Å². The van der Waals surface area contributed by atoms with E-state index in [4.69, 9.17) is 9.97 Å². The summed E-state index contributed by atoms with van der Waals surface area (Å²) in [6.07, 6.45) is 6.73. The van der Waals surface area contributed by atoms with E-state index in [1.54, 1.807) is 6.20 Å². The first-order chi connectivity index (χ1) is 15.5. The average molecular weight is 452 g/mol. The highest BCUT2D eigenvalue weighted by Crippen LogP contribution is 2.31. The van der Waals surface area contributed by atoms with Crippen molar-refractivity contribution in [1.29, 1.82) is 0 Å². The third-order valence-corrected chi connectivity index (χ3v) is 6.70. The largest absolute Gasteiger partial charge is 0.481 e. The van der Waals surface area contributed by atoms with Crippen LogP contribution in [0.1, 0.15) is 52.7 Å². The fourth-order valence-corrected chi connectivity index (χ4v) is 4.93. The topological polar surface area (TPSA) is 91.2 Å². The first-order valence-corrected chi connectivity index (χ1v) is 11.9. The summed E-state index contributed by atoms with van der Waals surface area (Å²) >= 11 is 1.53. The van der Waals surface area contributed by atoms with Crippen LogP contribution in [-0.4, -0.2) is 46.7 Å². The first-order valence-electron chi connectivity index (χ1n) is 11.0. The minimum atomic E-state index is -0.837. The number of pyridine rings is 2. The van der Waals surface area contributed by atoms with Gasteiger partial charge in [0.15, 0.2) is 0 Å². The standard InChI is InChI=1S/C24H29N5O2S/c1-29(2)21-11-9-17(14-26-21)20(13-22(30)31)24-28-19(15-32-24)7-3-6-18-10-8-16-5-4-12-25-23(16)27-18/h8-11,14-15,20H,3-7,12-13H2,1-2H3,(H,25,27)(H,30,31). The third-order valence-electron chi connectivity index (χ3n) is 5.70. The molecule has 0 aliphatic carbocycles. The summed E-state index contributed by atoms with van der Waals surface area (Å²) in [5, 5.41) is 15.7. The number of nitrogens with zero attached hydrogens (tertiary/aromatic N) is 4. The summed E-state index contributed by atoms with van der Waals surface area (Å²) in [6.45, 7) is 0.996. The van der Waals surface area contributed by atoms with Gasteiger partial charge in [-0.1, -0.05) is 12.1 Å². The SMILES string of the molecule is CN(C)c1ccc(C(CC(=O)O)c2nc(CCCc3ccc4c(n3)NCCC4)cs2)cn1. The molecule has 7 nitrogen and oxygen atoms in total. The van der Waals surface area contributed by atoms with Crippen molar-refractivity contribution in [3.05, 3.63) is 63.4 Å². The maximum Gasteiger partial charge on any atom is 0.304 e. The molecule has 1 aliphatic rings. The van der Waals surface area contributed by atoms with E-state index in [9.17, 15) is 9.90 Å². The highest BCUT2D eigenvalue weighted by atomic mass is 32.1. The molecule has 0 fully saturated rings. The van der Waals surface area contributed by atoms with Crippen LogP contribution in [0.15, 0.2) is 35.8 Å². The zero-order chi connectivity index (χ0) is 22.5. The lowest BCUT2D eigenvalue weighted by Crippen LogP contribution is -2.14. The Bertz CT molecular complexity index is 1060. The lowest BCUT2D eigenvalue weighted by Gasteiger charge is -2.17. The van der Waals surface area contributed by atoms with E-state index < -0.39 is 5.97 Å². The molecule has 0 saturated heterocycles. The summed E-state index contributed by atoms with van der Waals surface area (Å²) in [5.41, 5.74) is 4.30. The number of fused-ring (bicyclic) bond motifs is 1. The van der Waals surface area contributed by atoms with Crippen LogP contribution < -0.4 is 10.2 Å². The van der Waals surface area contributed by atoms with Gasteiger partial charge in [0.25, 0.3) is 0 Å². The van der Waals surface area contributed by atoms with Crippen molar-refractivity contribution in [2.75, 3.05) is 30.9 Å². The predicted octanol–water partition coefficient (Wildman–Crippen LogP) is 4.14. The normalized spacial score (nSPS) is 13.8. The molecule has 0 amide bonds. The molecule has 8 heteroatoms. The molecule has 3 aromatic rings. The van der Waals surface area contributed by atoms with E-state index >= 15 is 0 Å². The van der Waals surface area contributed by atoms with Crippen molar-refractivity contribution in [1.82, 2.24) is 15.0 Å². The smallest absolute Gasteiger partial charge is 0.304 e. The molecule has 1 aliphatic heterocycles. The average Bonchev–Trinajstić information content (AvgIpc) is 3.26. The molecular formula is C24H29N5O2S. The Hall–Kier alpha value is -3.00. The summed E-state index contributed by atoms with van der Waals surface area (Å²) in [5.74, 6) is 0.752. The molecule has 0 aromatic carbocycles. The maximum atomic E-state index is 11.5. The highest BCUT2D eigenvalue weighted by Gasteiger charge is 2.22. The fraction of sp³-hybridized carbons (Fsp3) is 0.417. The van der Waals surface area contributed by atoms with Crippen molar-refractivity contribution < 1.29 is 9.90 Å². The number of aryl methyl sites for hydroxylation is 3. The number of aromatic nitrogens is 3. The zero-order valence-electron chi connectivity index (χ0n) is 18.5. The summed E-state index contributed by atoms with van der Waals surface area (Å²) in [4.78, 5) is 27.4. The van der Waals surface area contributed by atoms with Crippen LogP contribution in [0.5, 0.6) is 0 Å². The Labute approximate surface area is 192 Å². The molecule has 4 heterocycles. The van der Waals surface area contributed by atoms with Gasteiger partial charge in [-0.25, -0.2) is 15.0 Å². The van der Waals surface area contributed by atoms with Gasteiger partial charge in [-0.05, 0) is 55.4 Å². The summed E-state index contributed by atoms with van der Waals surface area (Å²) in [6, 6.07) is 8.19. The molecule has 1 atom stereocenters. The molecule has 0 spiro atoms. The van der Waals surface area contributed by atoms with Crippen molar-refractivity contribution in [3.8, 4) is 0 Å². The number of carboxylic acid groups (broad SMARTS) is 1. The second-order valence-electron chi connectivity index (χ2n) is 8.37. The van der Waals surface area contributed by atoms with Gasteiger partial charge in [0, 0.05) is 43.8 Å². The number of hydrogen-bond acceptors (Lipinski definition) is 7. The van der Waals surface area contributed by atoms with E-state index in [0.29, 0.717) is 0 Å². The lowest BCUT2D eigenvalue weighted by molar-refractivity contribution is -0.137. The van der Waals surface area contributed by atoms with Crippen molar-refractivity contribution in [2.45, 2.75) is 44.4 Å². The van der Waals surface area contributed by atoms with Gasteiger partial charge in [-0.2, -0.15) is 0 Å². The second kappa shape index (κ2) is 10.1. The summed E-state index contributed by atoms with van der Waals surface area (Å²) < 4.78 is 0. The van der Waals surface area contributed by atoms with Crippen molar-refractivity contribution in [3.63, 3.8) is 0 Å². The lowest BCUT2D eigenvalue weighted by atomic mass is 9.98. The molecule has 3 aromatic heterocycles. The fourth-order valence-electron chi connectivity index (χ4n) is 3.95. The molecule has 4 rings (SSSR count). The number of thiazole rings is 1. The number of hydrogen-bond donors (Lipinski definition) is 2. The van der Waals surface area contributed by atoms with Crippen LogP contribution in [0.25, 0.3) is 0 Å². The second-order valence-corrected chi connectivity index (χ2v) is 9.26. The number of carbonyl (C=O) groups is 1. The van der Waals surface area contributed by atoms with Crippen LogP contribution in [0, 0.1) is 0 Å². The van der Waals surface area contributed by atoms with E-state index in [-0.39, 0.29) is 12.3 Å². The molecule has 2 N–H and O–H groups in total. The van der Waals surface area contributed by atoms with Gasteiger partial charge in [-0.15, -0.1) is 11.3 Å². The molecule has 168 valence electrons. The number of carboxylic acids is 1. The molecule has 32 heavy (non-hydrogen) atoms. The van der Waals surface area contributed by atoms with E-state index in [2.05, 4.69) is 22.4 Å². The maximum absolute atomic E-state index is 11.5. The van der Waals surface area contributed by atoms with Crippen molar-refractivity contribution in [2.24, 2.45) is 0 Å². The first kappa shape index (κ1) is 22.2. The van der Waals surface area contributed by atoms with Gasteiger partial charge in [0.05, 0.1) is 12.1 Å². The molecule has 1 unspecified atom stereocenters. The molecule has 0 saturated carbocycles. The molecular weight excluding hydrogens is 422 g/mol. The van der Waals surface area contributed by atoms with E-state index in [1.807, 2.05) is 36.5 Å². The van der Waals surface area contributed by atoms with Gasteiger partial charge >= 0.3 is 5.97 Å². The van der Waals surface area contributed by atoms with Gasteiger partial charge in [0.1, 0.15) is 16.6 Å². The molecule has 0 bridgehead atoms. The van der Waals surface area contributed by atoms with E-state index in [0.717, 1.165) is 65.8 Å². The molecule has 0 radical (unpaired) electrons. The Balaban J connectivity index is 1.40. The minimum absolute atomic E-state index is 0.00197. The Morgan fingerprint density at radius 3 is 2.78 bits per heavy atom. The van der Waals surface area contributed by atoms with Crippen LogP contribution in [-0.2, 0) is 24.1 Å². The van der Waals surface area contributed by atoms with Crippen LogP contribution >= 0.6 is 11.3 Å². The number of rotatable bonds is 9. The summed E-state index contributed by atoms with van der Waals surface area (Å²) in [7, 11) is 3.86. The van der Waals surface area contributed by atoms with E-state index in [1.165, 1.54) is 23.3 Å². The Kier molecular flexibility index (Phi) is 6.99. The number of aliphatic carboxylic acids is 1. The van der Waals surface area contributed by atoms with Gasteiger partial charge in [-0.3, -0.25) is 4.79 Å². The number of anilines is 2. The predicted molar refractivity (Wildman–Crippen MR) is 128 cm³/mol. The third kappa shape index (κ3) is 5.43. The van der Waals surface area contributed by atoms with Crippen molar-refractivity contribution >= 4 is 28.9 Å². The monoisotopic (exact) mass is 451 g/mol. The zero-order valence-corrected chi connectivity index (χ0v) is 19.4. The van der Waals surface area contributed by atoms with Gasteiger partial charge < -0.3 is 15.3 Å². The Morgan fingerprint density at radius 1 is 1.19 bits per heavy atom.